The van der Waals surface area contributed by atoms with E-state index in [-0.39, 0.29) is 5.56 Å². The van der Waals surface area contributed by atoms with Gasteiger partial charge in [0.2, 0.25) is 6.10 Å². The molecule has 31 heavy (non-hydrogen) atoms. The third-order valence-corrected chi connectivity index (χ3v) is 4.21. The van der Waals surface area contributed by atoms with Gasteiger partial charge in [-0.05, 0) is 43.3 Å². The van der Waals surface area contributed by atoms with E-state index in [4.69, 9.17) is 9.47 Å². The lowest BCUT2D eigenvalue weighted by atomic mass is 10.1. The van der Waals surface area contributed by atoms with Crippen molar-refractivity contribution in [2.45, 2.75) is 13.0 Å². The van der Waals surface area contributed by atoms with E-state index in [1.165, 1.54) is 0 Å². The molecule has 7 nitrogen and oxygen atoms in total. The van der Waals surface area contributed by atoms with Crippen molar-refractivity contribution < 1.29 is 23.9 Å². The van der Waals surface area contributed by atoms with Gasteiger partial charge < -0.3 is 14.8 Å². The van der Waals surface area contributed by atoms with Crippen molar-refractivity contribution in [3.05, 3.63) is 96.1 Å². The molecule has 7 heteroatoms. The summed E-state index contributed by atoms with van der Waals surface area (Å²) in [5.74, 6) is -0.221. The number of urea groups is 1. The van der Waals surface area contributed by atoms with Gasteiger partial charge in [-0.25, -0.2) is 9.59 Å². The van der Waals surface area contributed by atoms with E-state index in [1.807, 2.05) is 30.3 Å². The highest BCUT2D eigenvalue weighted by Crippen LogP contribution is 2.23. The zero-order valence-corrected chi connectivity index (χ0v) is 16.9. The Kier molecular flexibility index (Phi) is 7.37. The van der Waals surface area contributed by atoms with Crippen molar-refractivity contribution in [1.29, 1.82) is 0 Å². The lowest BCUT2D eigenvalue weighted by Crippen LogP contribution is -2.42. The maximum absolute atomic E-state index is 12.7. The molecule has 0 spiro atoms. The van der Waals surface area contributed by atoms with Crippen LogP contribution in [-0.4, -0.2) is 24.5 Å². The fraction of sp³-hybridized carbons (Fsp3) is 0.125. The molecule has 0 saturated heterocycles. The maximum Gasteiger partial charge on any atom is 0.339 e. The van der Waals surface area contributed by atoms with Gasteiger partial charge in [0.15, 0.2) is 0 Å². The number of rotatable bonds is 7. The van der Waals surface area contributed by atoms with Gasteiger partial charge in [0, 0.05) is 12.1 Å². The van der Waals surface area contributed by atoms with E-state index in [9.17, 15) is 14.4 Å². The Morgan fingerprint density at radius 1 is 0.806 bits per heavy atom. The van der Waals surface area contributed by atoms with Gasteiger partial charge in [-0.1, -0.05) is 48.5 Å². The number of nitrogens with one attached hydrogen (secondary N) is 2. The van der Waals surface area contributed by atoms with Crippen LogP contribution in [0.3, 0.4) is 0 Å². The fourth-order valence-corrected chi connectivity index (χ4v) is 2.74. The topological polar surface area (TPSA) is 93.7 Å². The summed E-state index contributed by atoms with van der Waals surface area (Å²) >= 11 is 0. The van der Waals surface area contributed by atoms with Crippen LogP contribution in [0.5, 0.6) is 11.5 Å². The molecule has 158 valence electrons. The summed E-state index contributed by atoms with van der Waals surface area (Å²) in [4.78, 5) is 37.0. The van der Waals surface area contributed by atoms with E-state index in [0.717, 1.165) is 0 Å². The standard InChI is InChI=1S/C24H22N2O5/c1-2-25-24(29)26-22(27)21(17-9-5-3-6-10-17)31-23(28)18-13-15-20(16-14-18)30-19-11-7-4-8-12-19/h3-16,21H,2H2,1H3,(H2,25,26,27,29)/t21-/m0/s1. The second-order valence-corrected chi connectivity index (χ2v) is 6.48. The first-order valence-electron chi connectivity index (χ1n) is 9.74. The molecule has 0 saturated carbocycles. The normalized spacial score (nSPS) is 11.1. The van der Waals surface area contributed by atoms with E-state index in [1.54, 1.807) is 61.5 Å². The van der Waals surface area contributed by atoms with Gasteiger partial charge in [0.05, 0.1) is 5.56 Å². The van der Waals surface area contributed by atoms with Crippen LogP contribution in [0.2, 0.25) is 0 Å². The Labute approximate surface area is 180 Å². The van der Waals surface area contributed by atoms with Crippen LogP contribution < -0.4 is 15.4 Å². The molecule has 3 aromatic rings. The second kappa shape index (κ2) is 10.6. The summed E-state index contributed by atoms with van der Waals surface area (Å²) in [5, 5.41) is 4.66. The van der Waals surface area contributed by atoms with Crippen LogP contribution in [0.15, 0.2) is 84.9 Å². The number of hydrogen-bond donors (Lipinski definition) is 2. The Bertz CT molecular complexity index is 1020. The minimum Gasteiger partial charge on any atom is -0.457 e. The average molecular weight is 418 g/mol. The molecule has 0 radical (unpaired) electrons. The predicted octanol–water partition coefficient (Wildman–Crippen LogP) is 4.22. The second-order valence-electron chi connectivity index (χ2n) is 6.48. The largest absolute Gasteiger partial charge is 0.457 e. The van der Waals surface area contributed by atoms with Crippen molar-refractivity contribution in [3.63, 3.8) is 0 Å². The van der Waals surface area contributed by atoms with Gasteiger partial charge in [0.25, 0.3) is 5.91 Å². The Balaban J connectivity index is 1.72. The fourth-order valence-electron chi connectivity index (χ4n) is 2.74. The minimum atomic E-state index is -1.28. The zero-order valence-electron chi connectivity index (χ0n) is 16.9. The summed E-state index contributed by atoms with van der Waals surface area (Å²) in [6.45, 7) is 2.08. The minimum absolute atomic E-state index is 0.243. The molecule has 0 aromatic heterocycles. The number of carbonyl (C=O) groups is 3. The van der Waals surface area contributed by atoms with Crippen LogP contribution >= 0.6 is 0 Å². The lowest BCUT2D eigenvalue weighted by molar-refractivity contribution is -0.129. The lowest BCUT2D eigenvalue weighted by Gasteiger charge is -2.18. The van der Waals surface area contributed by atoms with Crippen molar-refractivity contribution >= 4 is 17.9 Å². The third-order valence-electron chi connectivity index (χ3n) is 4.21. The summed E-state index contributed by atoms with van der Waals surface area (Å²) in [6, 6.07) is 23.4. The molecule has 0 heterocycles. The van der Waals surface area contributed by atoms with E-state index in [2.05, 4.69) is 10.6 Å². The zero-order chi connectivity index (χ0) is 22.1. The number of imide groups is 1. The van der Waals surface area contributed by atoms with Crippen molar-refractivity contribution in [2.75, 3.05) is 6.54 Å². The number of para-hydroxylation sites is 1. The van der Waals surface area contributed by atoms with Gasteiger partial charge in [-0.2, -0.15) is 0 Å². The number of benzene rings is 3. The predicted molar refractivity (Wildman–Crippen MR) is 115 cm³/mol. The highest BCUT2D eigenvalue weighted by Gasteiger charge is 2.27. The van der Waals surface area contributed by atoms with E-state index >= 15 is 0 Å². The summed E-state index contributed by atoms with van der Waals surface area (Å²) in [7, 11) is 0. The molecule has 2 N–H and O–H groups in total. The van der Waals surface area contributed by atoms with Crippen LogP contribution in [-0.2, 0) is 9.53 Å². The van der Waals surface area contributed by atoms with E-state index < -0.39 is 24.0 Å². The van der Waals surface area contributed by atoms with Crippen LogP contribution in [0.1, 0.15) is 28.9 Å². The first-order chi connectivity index (χ1) is 15.1. The number of amides is 3. The summed E-state index contributed by atoms with van der Waals surface area (Å²) in [6.07, 6.45) is -1.28. The van der Waals surface area contributed by atoms with Gasteiger partial charge in [-0.3, -0.25) is 10.1 Å². The van der Waals surface area contributed by atoms with Crippen LogP contribution in [0, 0.1) is 0 Å². The summed E-state index contributed by atoms with van der Waals surface area (Å²) < 4.78 is 11.2. The highest BCUT2D eigenvalue weighted by atomic mass is 16.5. The first-order valence-corrected chi connectivity index (χ1v) is 9.74. The van der Waals surface area contributed by atoms with Crippen molar-refractivity contribution in [2.24, 2.45) is 0 Å². The van der Waals surface area contributed by atoms with E-state index in [0.29, 0.717) is 23.6 Å². The molecule has 0 aliphatic heterocycles. The van der Waals surface area contributed by atoms with Gasteiger partial charge in [-0.15, -0.1) is 0 Å². The Hall–Kier alpha value is -4.13. The SMILES string of the molecule is CCNC(=O)NC(=O)[C@@H](OC(=O)c1ccc(Oc2ccccc2)cc1)c1ccccc1. The number of hydrogen-bond acceptors (Lipinski definition) is 5. The molecule has 1 atom stereocenters. The quantitative estimate of drug-likeness (QED) is 0.560. The monoisotopic (exact) mass is 418 g/mol. The molecule has 0 unspecified atom stereocenters. The van der Waals surface area contributed by atoms with Crippen molar-refractivity contribution in [3.8, 4) is 11.5 Å². The first kappa shape index (κ1) is 21.6. The Morgan fingerprint density at radius 3 is 2.00 bits per heavy atom. The average Bonchev–Trinajstić information content (AvgIpc) is 2.79. The maximum atomic E-state index is 12.7. The van der Waals surface area contributed by atoms with Gasteiger partial charge >= 0.3 is 12.0 Å². The van der Waals surface area contributed by atoms with Crippen molar-refractivity contribution in [1.82, 2.24) is 10.6 Å². The van der Waals surface area contributed by atoms with Crippen LogP contribution in [0.4, 0.5) is 4.79 Å². The molecular weight excluding hydrogens is 396 g/mol. The number of esters is 1. The smallest absolute Gasteiger partial charge is 0.339 e. The molecule has 0 aliphatic rings. The molecular formula is C24H22N2O5. The number of ether oxygens (including phenoxy) is 2. The number of carbonyl (C=O) groups excluding carboxylic acids is 3. The molecule has 0 aliphatic carbocycles. The van der Waals surface area contributed by atoms with Crippen LogP contribution in [0.25, 0.3) is 0 Å². The summed E-state index contributed by atoms with van der Waals surface area (Å²) in [5.41, 5.74) is 0.689. The Morgan fingerprint density at radius 2 is 1.39 bits per heavy atom. The molecule has 3 aromatic carbocycles. The molecule has 3 rings (SSSR count). The molecule has 3 amide bonds. The molecule has 0 bridgehead atoms. The highest BCUT2D eigenvalue weighted by molar-refractivity contribution is 5.99. The third kappa shape index (κ3) is 6.17. The molecule has 0 fully saturated rings. The van der Waals surface area contributed by atoms with Gasteiger partial charge in [0.1, 0.15) is 11.5 Å².